The van der Waals surface area contributed by atoms with Crippen molar-refractivity contribution in [1.29, 1.82) is 0 Å². The minimum Gasteiger partial charge on any atom is -0.379 e. The standard InChI is InChI=1S/C14H28N2O/c1-3-5-14(6-4-7-15-11-14)12-16-8-9-17-10-13(16)2/h13,15H,3-12H2,1-2H3. The fraction of sp³-hybridized carbons (Fsp3) is 1.00. The molecule has 0 saturated carbocycles. The van der Waals surface area contributed by atoms with E-state index in [0.717, 1.165) is 19.8 Å². The van der Waals surface area contributed by atoms with Crippen molar-refractivity contribution in [2.24, 2.45) is 5.41 Å². The Morgan fingerprint density at radius 2 is 2.35 bits per heavy atom. The molecule has 2 saturated heterocycles. The third-order valence-electron chi connectivity index (χ3n) is 4.38. The van der Waals surface area contributed by atoms with Gasteiger partial charge in [-0.05, 0) is 38.1 Å². The average Bonchev–Trinajstić information content (AvgIpc) is 2.34. The lowest BCUT2D eigenvalue weighted by molar-refractivity contribution is -0.0263. The van der Waals surface area contributed by atoms with Gasteiger partial charge in [-0.3, -0.25) is 4.90 Å². The molecule has 3 nitrogen and oxygen atoms in total. The molecule has 0 aromatic carbocycles. The maximum absolute atomic E-state index is 5.54. The minimum atomic E-state index is 0.526. The first-order valence-corrected chi connectivity index (χ1v) is 7.28. The van der Waals surface area contributed by atoms with E-state index in [4.69, 9.17) is 4.74 Å². The van der Waals surface area contributed by atoms with Crippen LogP contribution < -0.4 is 5.32 Å². The maximum atomic E-state index is 5.54. The molecule has 1 N–H and O–H groups in total. The molecule has 17 heavy (non-hydrogen) atoms. The third kappa shape index (κ3) is 3.43. The molecule has 0 aromatic rings. The van der Waals surface area contributed by atoms with Gasteiger partial charge >= 0.3 is 0 Å². The Morgan fingerprint density at radius 3 is 3.00 bits per heavy atom. The highest BCUT2D eigenvalue weighted by Crippen LogP contribution is 2.33. The van der Waals surface area contributed by atoms with Crippen LogP contribution in [-0.4, -0.2) is 50.3 Å². The van der Waals surface area contributed by atoms with Crippen LogP contribution >= 0.6 is 0 Å². The lowest BCUT2D eigenvalue weighted by Gasteiger charge is -2.44. The van der Waals surface area contributed by atoms with Crippen LogP contribution in [-0.2, 0) is 4.74 Å². The van der Waals surface area contributed by atoms with Crippen LogP contribution in [0.5, 0.6) is 0 Å². The van der Waals surface area contributed by atoms with E-state index < -0.39 is 0 Å². The number of hydrogen-bond acceptors (Lipinski definition) is 3. The molecule has 0 aromatic heterocycles. The molecule has 0 spiro atoms. The Balaban J connectivity index is 1.95. The molecular weight excluding hydrogens is 212 g/mol. The molecule has 0 bridgehead atoms. The molecule has 0 amide bonds. The first-order chi connectivity index (χ1) is 8.26. The van der Waals surface area contributed by atoms with Crippen molar-refractivity contribution < 1.29 is 4.74 Å². The highest BCUT2D eigenvalue weighted by Gasteiger charge is 2.34. The second kappa shape index (κ2) is 6.17. The van der Waals surface area contributed by atoms with E-state index in [1.807, 2.05) is 0 Å². The Hall–Kier alpha value is -0.120. The summed E-state index contributed by atoms with van der Waals surface area (Å²) < 4.78 is 5.54. The summed E-state index contributed by atoms with van der Waals surface area (Å²) in [6, 6.07) is 0.597. The van der Waals surface area contributed by atoms with E-state index >= 15 is 0 Å². The monoisotopic (exact) mass is 240 g/mol. The van der Waals surface area contributed by atoms with Crippen molar-refractivity contribution in [3.63, 3.8) is 0 Å². The number of hydrogen-bond donors (Lipinski definition) is 1. The maximum Gasteiger partial charge on any atom is 0.0619 e. The Bertz CT molecular complexity index is 221. The number of nitrogens with zero attached hydrogens (tertiary/aromatic N) is 1. The van der Waals surface area contributed by atoms with Gasteiger partial charge in [0.15, 0.2) is 0 Å². The van der Waals surface area contributed by atoms with Gasteiger partial charge < -0.3 is 10.1 Å². The van der Waals surface area contributed by atoms with Gasteiger partial charge in [-0.1, -0.05) is 13.3 Å². The van der Waals surface area contributed by atoms with Gasteiger partial charge in [-0.25, -0.2) is 0 Å². The lowest BCUT2D eigenvalue weighted by Crippen LogP contribution is -2.53. The van der Waals surface area contributed by atoms with E-state index in [2.05, 4.69) is 24.1 Å². The largest absolute Gasteiger partial charge is 0.379 e. The Morgan fingerprint density at radius 1 is 1.47 bits per heavy atom. The number of morpholine rings is 1. The first-order valence-electron chi connectivity index (χ1n) is 7.28. The van der Waals surface area contributed by atoms with Gasteiger partial charge in [0.25, 0.3) is 0 Å². The zero-order chi connectivity index (χ0) is 12.1. The van der Waals surface area contributed by atoms with Crippen molar-refractivity contribution in [2.75, 3.05) is 39.4 Å². The molecule has 3 heteroatoms. The van der Waals surface area contributed by atoms with Gasteiger partial charge in [0.1, 0.15) is 0 Å². The number of piperidine rings is 1. The zero-order valence-electron chi connectivity index (χ0n) is 11.5. The predicted octanol–water partition coefficient (Wildman–Crippen LogP) is 1.88. The van der Waals surface area contributed by atoms with Crippen LogP contribution in [0.1, 0.15) is 39.5 Å². The van der Waals surface area contributed by atoms with Crippen LogP contribution in [0.25, 0.3) is 0 Å². The van der Waals surface area contributed by atoms with Crippen molar-refractivity contribution in [2.45, 2.75) is 45.6 Å². The molecule has 2 unspecified atom stereocenters. The summed E-state index contributed by atoms with van der Waals surface area (Å²) in [7, 11) is 0. The molecule has 100 valence electrons. The van der Waals surface area contributed by atoms with Gasteiger partial charge in [0.05, 0.1) is 13.2 Å². The second-order valence-corrected chi connectivity index (χ2v) is 5.92. The van der Waals surface area contributed by atoms with E-state index in [-0.39, 0.29) is 0 Å². The van der Waals surface area contributed by atoms with Crippen molar-refractivity contribution in [1.82, 2.24) is 10.2 Å². The molecule has 2 rings (SSSR count). The van der Waals surface area contributed by atoms with Gasteiger partial charge in [0.2, 0.25) is 0 Å². The SMILES string of the molecule is CCCC1(CN2CCOCC2C)CCCNC1. The van der Waals surface area contributed by atoms with Crippen LogP contribution in [0.3, 0.4) is 0 Å². The van der Waals surface area contributed by atoms with Gasteiger partial charge in [-0.15, -0.1) is 0 Å². The van der Waals surface area contributed by atoms with Crippen molar-refractivity contribution >= 4 is 0 Å². The fourth-order valence-corrected chi connectivity index (χ4v) is 3.42. The van der Waals surface area contributed by atoms with E-state index in [1.54, 1.807) is 0 Å². The summed E-state index contributed by atoms with van der Waals surface area (Å²) in [6.07, 6.45) is 5.42. The number of rotatable bonds is 4. The van der Waals surface area contributed by atoms with Crippen LogP contribution in [0.2, 0.25) is 0 Å². The normalized spacial score (nSPS) is 36.0. The van der Waals surface area contributed by atoms with Crippen LogP contribution in [0, 0.1) is 5.41 Å². The molecule has 2 aliphatic rings. The summed E-state index contributed by atoms with van der Waals surface area (Å²) in [5.41, 5.74) is 0.526. The van der Waals surface area contributed by atoms with Crippen LogP contribution in [0.15, 0.2) is 0 Å². The van der Waals surface area contributed by atoms with Crippen molar-refractivity contribution in [3.8, 4) is 0 Å². The van der Waals surface area contributed by atoms with Gasteiger partial charge in [-0.2, -0.15) is 0 Å². The molecule has 0 aliphatic carbocycles. The topological polar surface area (TPSA) is 24.5 Å². The molecule has 2 atom stereocenters. The summed E-state index contributed by atoms with van der Waals surface area (Å²) >= 11 is 0. The predicted molar refractivity (Wildman–Crippen MR) is 71.3 cm³/mol. The smallest absolute Gasteiger partial charge is 0.0619 e. The molecule has 2 fully saturated rings. The highest BCUT2D eigenvalue weighted by atomic mass is 16.5. The zero-order valence-corrected chi connectivity index (χ0v) is 11.5. The fourth-order valence-electron chi connectivity index (χ4n) is 3.42. The summed E-state index contributed by atoms with van der Waals surface area (Å²) in [6.45, 7) is 11.3. The highest BCUT2D eigenvalue weighted by molar-refractivity contribution is 4.89. The summed E-state index contributed by atoms with van der Waals surface area (Å²) in [4.78, 5) is 2.64. The first kappa shape index (κ1) is 13.3. The molecule has 2 heterocycles. The molecule has 2 aliphatic heterocycles. The second-order valence-electron chi connectivity index (χ2n) is 5.92. The Labute approximate surface area is 106 Å². The number of nitrogens with one attached hydrogen (secondary N) is 1. The van der Waals surface area contributed by atoms with Crippen molar-refractivity contribution in [3.05, 3.63) is 0 Å². The quantitative estimate of drug-likeness (QED) is 0.812. The number of ether oxygens (including phenoxy) is 1. The summed E-state index contributed by atoms with van der Waals surface area (Å²) in [5.74, 6) is 0. The summed E-state index contributed by atoms with van der Waals surface area (Å²) in [5, 5.41) is 3.61. The van der Waals surface area contributed by atoms with E-state index in [0.29, 0.717) is 11.5 Å². The minimum absolute atomic E-state index is 0.526. The molecule has 0 radical (unpaired) electrons. The lowest BCUT2D eigenvalue weighted by atomic mass is 9.76. The molecular formula is C14H28N2O. The Kier molecular flexibility index (Phi) is 4.83. The van der Waals surface area contributed by atoms with E-state index in [9.17, 15) is 0 Å². The average molecular weight is 240 g/mol. The third-order valence-corrected chi connectivity index (χ3v) is 4.38. The van der Waals surface area contributed by atoms with E-state index in [1.165, 1.54) is 45.3 Å². The van der Waals surface area contributed by atoms with Crippen LogP contribution in [0.4, 0.5) is 0 Å². The van der Waals surface area contributed by atoms with Gasteiger partial charge in [0, 0.05) is 25.7 Å².